The molecule has 0 saturated heterocycles. The lowest BCUT2D eigenvalue weighted by Crippen LogP contribution is -2.19. The van der Waals surface area contributed by atoms with E-state index in [9.17, 15) is 4.79 Å². The van der Waals surface area contributed by atoms with E-state index in [4.69, 9.17) is 5.73 Å². The number of aromatic amines is 1. The molecule has 0 radical (unpaired) electrons. The molecule has 0 aliphatic carbocycles. The molecule has 15 heavy (non-hydrogen) atoms. The lowest BCUT2D eigenvalue weighted by molar-refractivity contribution is 0.976. The Balaban J connectivity index is 2.67. The SMILES string of the molecule is Nc1nc2nc3ccccc3n2c(=O)[nH]1. The minimum Gasteiger partial charge on any atom is -0.369 e. The standard InChI is InChI=1S/C9H7N5O/c10-7-12-8-11-5-3-1-2-4-6(5)14(8)9(15)13-7/h1-4H,(H3,10,11,12,13,15). The van der Waals surface area contributed by atoms with Crippen molar-refractivity contribution in [2.24, 2.45) is 0 Å². The van der Waals surface area contributed by atoms with E-state index in [0.29, 0.717) is 5.78 Å². The number of nitrogens with two attached hydrogens (primary N) is 1. The Morgan fingerprint density at radius 1 is 1.27 bits per heavy atom. The van der Waals surface area contributed by atoms with Gasteiger partial charge in [-0.1, -0.05) is 12.1 Å². The van der Waals surface area contributed by atoms with Crippen LogP contribution in [0.1, 0.15) is 0 Å². The molecule has 0 aliphatic rings. The summed E-state index contributed by atoms with van der Waals surface area (Å²) in [6, 6.07) is 7.32. The number of anilines is 1. The summed E-state index contributed by atoms with van der Waals surface area (Å²) in [6.07, 6.45) is 0. The fourth-order valence-corrected chi connectivity index (χ4v) is 1.59. The Morgan fingerprint density at radius 3 is 2.93 bits per heavy atom. The Morgan fingerprint density at radius 2 is 2.07 bits per heavy atom. The number of nitrogen functional groups attached to an aromatic ring is 1. The van der Waals surface area contributed by atoms with E-state index in [0.717, 1.165) is 11.0 Å². The third-order valence-electron chi connectivity index (χ3n) is 2.20. The van der Waals surface area contributed by atoms with Crippen molar-refractivity contribution in [1.29, 1.82) is 0 Å². The van der Waals surface area contributed by atoms with Crippen molar-refractivity contribution >= 4 is 22.8 Å². The maximum absolute atomic E-state index is 11.6. The largest absolute Gasteiger partial charge is 0.369 e. The highest BCUT2D eigenvalue weighted by molar-refractivity contribution is 5.79. The maximum Gasteiger partial charge on any atom is 0.335 e. The number of imidazole rings is 1. The summed E-state index contributed by atoms with van der Waals surface area (Å²) < 4.78 is 1.39. The molecular formula is C9H7N5O. The van der Waals surface area contributed by atoms with Crippen LogP contribution in [-0.2, 0) is 0 Å². The number of rotatable bonds is 0. The van der Waals surface area contributed by atoms with Gasteiger partial charge in [0.05, 0.1) is 11.0 Å². The second-order valence-corrected chi connectivity index (χ2v) is 3.16. The van der Waals surface area contributed by atoms with Gasteiger partial charge >= 0.3 is 5.69 Å². The van der Waals surface area contributed by atoms with Gasteiger partial charge < -0.3 is 5.73 Å². The number of hydrogen-bond donors (Lipinski definition) is 2. The summed E-state index contributed by atoms with van der Waals surface area (Å²) in [5, 5.41) is 0. The van der Waals surface area contributed by atoms with Gasteiger partial charge in [0.25, 0.3) is 0 Å². The molecule has 3 rings (SSSR count). The molecule has 0 amide bonds. The average molecular weight is 201 g/mol. The second kappa shape index (κ2) is 2.57. The molecule has 0 spiro atoms. The monoisotopic (exact) mass is 201 g/mol. The number of H-pyrrole nitrogens is 1. The number of para-hydroxylation sites is 2. The Kier molecular flexibility index (Phi) is 1.37. The third kappa shape index (κ3) is 1.01. The summed E-state index contributed by atoms with van der Waals surface area (Å²) >= 11 is 0. The summed E-state index contributed by atoms with van der Waals surface area (Å²) in [4.78, 5) is 22.2. The van der Waals surface area contributed by atoms with Gasteiger partial charge in [0.15, 0.2) is 0 Å². The molecule has 0 fully saturated rings. The Bertz CT molecular complexity index is 711. The molecule has 0 aliphatic heterocycles. The summed E-state index contributed by atoms with van der Waals surface area (Å²) in [7, 11) is 0. The summed E-state index contributed by atoms with van der Waals surface area (Å²) in [5.74, 6) is 0.389. The van der Waals surface area contributed by atoms with E-state index in [2.05, 4.69) is 15.0 Å². The van der Waals surface area contributed by atoms with Crippen LogP contribution in [-0.4, -0.2) is 19.4 Å². The molecule has 0 atom stereocenters. The normalized spacial score (nSPS) is 11.2. The molecule has 0 unspecified atom stereocenters. The molecule has 3 aromatic rings. The first kappa shape index (κ1) is 7.98. The van der Waals surface area contributed by atoms with Crippen molar-refractivity contribution in [2.75, 3.05) is 5.73 Å². The van der Waals surface area contributed by atoms with Crippen molar-refractivity contribution in [3.8, 4) is 0 Å². The predicted octanol–water partition coefficient (Wildman–Crippen LogP) is 0.153. The lowest BCUT2D eigenvalue weighted by Gasteiger charge is -1.94. The Labute approximate surface area is 83.4 Å². The minimum atomic E-state index is -0.328. The van der Waals surface area contributed by atoms with E-state index in [1.165, 1.54) is 4.40 Å². The summed E-state index contributed by atoms with van der Waals surface area (Å²) in [6.45, 7) is 0. The van der Waals surface area contributed by atoms with Gasteiger partial charge in [-0.25, -0.2) is 14.2 Å². The first-order valence-electron chi connectivity index (χ1n) is 4.39. The molecule has 2 aromatic heterocycles. The first-order valence-corrected chi connectivity index (χ1v) is 4.39. The molecule has 0 bridgehead atoms. The number of nitrogens with zero attached hydrogens (tertiary/aromatic N) is 3. The van der Waals surface area contributed by atoms with Gasteiger partial charge in [-0.05, 0) is 12.1 Å². The first-order chi connectivity index (χ1) is 7.25. The maximum atomic E-state index is 11.6. The van der Waals surface area contributed by atoms with Crippen LogP contribution in [0, 0.1) is 0 Å². The van der Waals surface area contributed by atoms with Crippen LogP contribution in [0.4, 0.5) is 5.95 Å². The van der Waals surface area contributed by atoms with Crippen molar-refractivity contribution in [1.82, 2.24) is 19.4 Å². The predicted molar refractivity (Wildman–Crippen MR) is 55.5 cm³/mol. The van der Waals surface area contributed by atoms with E-state index >= 15 is 0 Å². The molecule has 2 heterocycles. The highest BCUT2D eigenvalue weighted by Crippen LogP contribution is 2.12. The number of fused-ring (bicyclic) bond motifs is 3. The number of hydrogen-bond acceptors (Lipinski definition) is 4. The van der Waals surface area contributed by atoms with E-state index in [1.54, 1.807) is 0 Å². The zero-order valence-electron chi connectivity index (χ0n) is 7.64. The number of aromatic nitrogens is 4. The topological polar surface area (TPSA) is 89.1 Å². The molecule has 6 heteroatoms. The lowest BCUT2D eigenvalue weighted by atomic mass is 10.3. The molecular weight excluding hydrogens is 194 g/mol. The van der Waals surface area contributed by atoms with Crippen LogP contribution in [0.5, 0.6) is 0 Å². The van der Waals surface area contributed by atoms with Gasteiger partial charge in [-0.3, -0.25) is 4.98 Å². The Hall–Kier alpha value is -2.37. The molecule has 1 aromatic carbocycles. The van der Waals surface area contributed by atoms with Crippen LogP contribution in [0.15, 0.2) is 29.1 Å². The van der Waals surface area contributed by atoms with Gasteiger partial charge in [-0.2, -0.15) is 4.98 Å². The van der Waals surface area contributed by atoms with Gasteiger partial charge in [0.1, 0.15) is 0 Å². The van der Waals surface area contributed by atoms with Crippen molar-refractivity contribution in [3.05, 3.63) is 34.7 Å². The van der Waals surface area contributed by atoms with Crippen LogP contribution in [0.3, 0.4) is 0 Å². The quantitative estimate of drug-likeness (QED) is 0.542. The van der Waals surface area contributed by atoms with Crippen LogP contribution < -0.4 is 11.4 Å². The van der Waals surface area contributed by atoms with E-state index in [-0.39, 0.29) is 11.6 Å². The van der Waals surface area contributed by atoms with Crippen molar-refractivity contribution in [2.45, 2.75) is 0 Å². The second-order valence-electron chi connectivity index (χ2n) is 3.16. The molecule has 0 saturated carbocycles. The smallest absolute Gasteiger partial charge is 0.335 e. The fraction of sp³-hybridized carbons (Fsp3) is 0. The van der Waals surface area contributed by atoms with Crippen LogP contribution in [0.25, 0.3) is 16.8 Å². The fourth-order valence-electron chi connectivity index (χ4n) is 1.59. The third-order valence-corrected chi connectivity index (χ3v) is 2.20. The van der Waals surface area contributed by atoms with Gasteiger partial charge in [0, 0.05) is 0 Å². The number of benzene rings is 1. The molecule has 6 nitrogen and oxygen atoms in total. The van der Waals surface area contributed by atoms with E-state index < -0.39 is 0 Å². The number of nitrogens with one attached hydrogen (secondary N) is 1. The van der Waals surface area contributed by atoms with Crippen molar-refractivity contribution in [3.63, 3.8) is 0 Å². The highest BCUT2D eigenvalue weighted by atomic mass is 16.1. The average Bonchev–Trinajstić information content (AvgIpc) is 2.54. The highest BCUT2D eigenvalue weighted by Gasteiger charge is 2.07. The minimum absolute atomic E-state index is 0.0720. The zero-order chi connectivity index (χ0) is 10.4. The zero-order valence-corrected chi connectivity index (χ0v) is 7.64. The summed E-state index contributed by atoms with van der Waals surface area (Å²) in [5.41, 5.74) is 6.55. The van der Waals surface area contributed by atoms with Crippen LogP contribution >= 0.6 is 0 Å². The molecule has 74 valence electrons. The van der Waals surface area contributed by atoms with Gasteiger partial charge in [0.2, 0.25) is 11.7 Å². The van der Waals surface area contributed by atoms with Crippen molar-refractivity contribution < 1.29 is 0 Å². The van der Waals surface area contributed by atoms with Crippen LogP contribution in [0.2, 0.25) is 0 Å². The van der Waals surface area contributed by atoms with Gasteiger partial charge in [-0.15, -0.1) is 0 Å². The van der Waals surface area contributed by atoms with E-state index in [1.807, 2.05) is 24.3 Å². The molecule has 3 N–H and O–H groups in total.